The van der Waals surface area contributed by atoms with Gasteiger partial charge in [0.05, 0.1) is 6.10 Å². The van der Waals surface area contributed by atoms with Crippen molar-refractivity contribution < 1.29 is 30.3 Å². The lowest BCUT2D eigenvalue weighted by molar-refractivity contribution is 0.0213. The fraction of sp³-hybridized carbons (Fsp3) is 0.250. The molecule has 2 atom stereocenters. The van der Waals surface area contributed by atoms with Gasteiger partial charge in [-0.3, -0.25) is 0 Å². The van der Waals surface area contributed by atoms with E-state index in [2.05, 4.69) is 0 Å². The monoisotopic (exact) mass is 304 g/mol. The number of aliphatic hydroxyl groups excluding tert-OH is 1. The fourth-order valence-electron chi connectivity index (χ4n) is 2.62. The van der Waals surface area contributed by atoms with Crippen LogP contribution in [0.4, 0.5) is 0 Å². The SMILES string of the molecule is Oc1cc(O)c2c(c1)OC(Cc1ccc(O)c(O)c1)C(O)C2. The Bertz CT molecular complexity index is 712. The second-order valence-electron chi connectivity index (χ2n) is 5.40. The van der Waals surface area contributed by atoms with Crippen molar-refractivity contribution in [3.05, 3.63) is 41.5 Å². The van der Waals surface area contributed by atoms with E-state index in [1.165, 1.54) is 24.3 Å². The molecule has 0 aromatic heterocycles. The van der Waals surface area contributed by atoms with E-state index in [1.54, 1.807) is 6.07 Å². The first kappa shape index (κ1) is 14.3. The normalized spacial score (nSPS) is 20.2. The van der Waals surface area contributed by atoms with Crippen LogP contribution >= 0.6 is 0 Å². The zero-order valence-corrected chi connectivity index (χ0v) is 11.6. The minimum atomic E-state index is -0.834. The maximum absolute atomic E-state index is 10.2. The average molecular weight is 304 g/mol. The Morgan fingerprint density at radius 1 is 0.955 bits per heavy atom. The van der Waals surface area contributed by atoms with E-state index in [-0.39, 0.29) is 29.4 Å². The molecule has 0 saturated carbocycles. The Hall–Kier alpha value is -2.60. The molecule has 6 nitrogen and oxygen atoms in total. The molecule has 0 bridgehead atoms. The summed E-state index contributed by atoms with van der Waals surface area (Å²) >= 11 is 0. The first-order valence-electron chi connectivity index (χ1n) is 6.84. The van der Waals surface area contributed by atoms with Crippen LogP contribution in [0.15, 0.2) is 30.3 Å². The third-order valence-electron chi connectivity index (χ3n) is 3.77. The molecule has 2 aromatic rings. The van der Waals surface area contributed by atoms with Crippen LogP contribution in [0.1, 0.15) is 11.1 Å². The van der Waals surface area contributed by atoms with E-state index in [4.69, 9.17) is 4.74 Å². The van der Waals surface area contributed by atoms with E-state index in [9.17, 15) is 25.5 Å². The number of aromatic hydroxyl groups is 4. The zero-order valence-electron chi connectivity index (χ0n) is 11.6. The van der Waals surface area contributed by atoms with Gasteiger partial charge in [-0.25, -0.2) is 0 Å². The van der Waals surface area contributed by atoms with Crippen molar-refractivity contribution in [3.63, 3.8) is 0 Å². The van der Waals surface area contributed by atoms with Crippen LogP contribution < -0.4 is 4.74 Å². The van der Waals surface area contributed by atoms with Crippen LogP contribution in [0.3, 0.4) is 0 Å². The zero-order chi connectivity index (χ0) is 15.9. The van der Waals surface area contributed by atoms with Gasteiger partial charge in [0.1, 0.15) is 23.4 Å². The summed E-state index contributed by atoms with van der Waals surface area (Å²) in [5.41, 5.74) is 1.14. The predicted octanol–water partition coefficient (Wildman–Crippen LogP) is 1.42. The van der Waals surface area contributed by atoms with E-state index < -0.39 is 12.2 Å². The molecule has 3 rings (SSSR count). The lowest BCUT2D eigenvalue weighted by Crippen LogP contribution is -2.39. The van der Waals surface area contributed by atoms with Crippen LogP contribution in [0.25, 0.3) is 0 Å². The first-order chi connectivity index (χ1) is 10.4. The smallest absolute Gasteiger partial charge is 0.157 e. The standard InChI is InChI=1S/C16H16O6/c17-9-5-12(19)10-7-14(21)16(22-15(10)6-9)4-8-1-2-11(18)13(20)3-8/h1-3,5-6,14,16-21H,4,7H2. The van der Waals surface area contributed by atoms with Gasteiger partial charge in [0.25, 0.3) is 0 Å². The number of hydrogen-bond donors (Lipinski definition) is 5. The van der Waals surface area contributed by atoms with Gasteiger partial charge in [-0.2, -0.15) is 0 Å². The van der Waals surface area contributed by atoms with Gasteiger partial charge >= 0.3 is 0 Å². The highest BCUT2D eigenvalue weighted by atomic mass is 16.5. The molecule has 2 unspecified atom stereocenters. The van der Waals surface area contributed by atoms with Gasteiger partial charge in [0, 0.05) is 30.5 Å². The summed E-state index contributed by atoms with van der Waals surface area (Å²) in [6.07, 6.45) is -0.905. The van der Waals surface area contributed by atoms with Gasteiger partial charge in [-0.05, 0) is 17.7 Å². The maximum Gasteiger partial charge on any atom is 0.157 e. The quantitative estimate of drug-likeness (QED) is 0.537. The number of phenols is 4. The van der Waals surface area contributed by atoms with Gasteiger partial charge in [0.15, 0.2) is 11.5 Å². The van der Waals surface area contributed by atoms with Gasteiger partial charge in [-0.1, -0.05) is 6.07 Å². The van der Waals surface area contributed by atoms with Gasteiger partial charge in [0.2, 0.25) is 0 Å². The largest absolute Gasteiger partial charge is 0.508 e. The lowest BCUT2D eigenvalue weighted by Gasteiger charge is -2.31. The Labute approximate surface area is 126 Å². The average Bonchev–Trinajstić information content (AvgIpc) is 2.45. The number of ether oxygens (including phenoxy) is 1. The summed E-state index contributed by atoms with van der Waals surface area (Å²) in [5, 5.41) is 48.3. The molecule has 0 saturated heterocycles. The van der Waals surface area contributed by atoms with Crippen LogP contribution in [0.5, 0.6) is 28.7 Å². The molecular formula is C16H16O6. The van der Waals surface area contributed by atoms with Gasteiger partial charge < -0.3 is 30.3 Å². The van der Waals surface area contributed by atoms with Crippen LogP contribution in [-0.4, -0.2) is 37.7 Å². The highest BCUT2D eigenvalue weighted by molar-refractivity contribution is 5.51. The maximum atomic E-state index is 10.2. The number of benzene rings is 2. The summed E-state index contributed by atoms with van der Waals surface area (Å²) in [7, 11) is 0. The molecular weight excluding hydrogens is 288 g/mol. The number of rotatable bonds is 2. The Kier molecular flexibility index (Phi) is 3.46. The number of hydrogen-bond acceptors (Lipinski definition) is 6. The third-order valence-corrected chi connectivity index (χ3v) is 3.77. The molecule has 1 aliphatic heterocycles. The van der Waals surface area contributed by atoms with Gasteiger partial charge in [-0.15, -0.1) is 0 Å². The van der Waals surface area contributed by atoms with Crippen molar-refractivity contribution in [2.45, 2.75) is 25.0 Å². The summed E-state index contributed by atoms with van der Waals surface area (Å²) in [4.78, 5) is 0. The minimum absolute atomic E-state index is 0.116. The second-order valence-corrected chi connectivity index (χ2v) is 5.40. The summed E-state index contributed by atoms with van der Waals surface area (Å²) in [6.45, 7) is 0. The lowest BCUT2D eigenvalue weighted by atomic mass is 9.94. The van der Waals surface area contributed by atoms with E-state index in [1.807, 2.05) is 0 Å². The first-order valence-corrected chi connectivity index (χ1v) is 6.84. The van der Waals surface area contributed by atoms with Crippen molar-refractivity contribution in [3.8, 4) is 28.7 Å². The molecule has 0 aliphatic carbocycles. The van der Waals surface area contributed by atoms with Crippen molar-refractivity contribution in [1.29, 1.82) is 0 Å². The van der Waals surface area contributed by atoms with Crippen molar-refractivity contribution in [2.75, 3.05) is 0 Å². The molecule has 0 amide bonds. The third kappa shape index (κ3) is 2.60. The Morgan fingerprint density at radius 3 is 2.45 bits per heavy atom. The molecule has 5 N–H and O–H groups in total. The number of fused-ring (bicyclic) bond motifs is 1. The molecule has 22 heavy (non-hydrogen) atoms. The molecule has 0 radical (unpaired) electrons. The highest BCUT2D eigenvalue weighted by Gasteiger charge is 2.31. The van der Waals surface area contributed by atoms with E-state index in [0.717, 1.165) is 0 Å². The number of aliphatic hydroxyl groups is 1. The van der Waals surface area contributed by atoms with E-state index in [0.29, 0.717) is 23.3 Å². The molecule has 0 spiro atoms. The summed E-state index contributed by atoms with van der Waals surface area (Å²) in [5.74, 6) is -0.355. The molecule has 2 aromatic carbocycles. The number of phenolic OH excluding ortho intramolecular Hbond substituents is 4. The van der Waals surface area contributed by atoms with Crippen LogP contribution in [-0.2, 0) is 12.8 Å². The molecule has 6 heteroatoms. The summed E-state index contributed by atoms with van der Waals surface area (Å²) in [6, 6.07) is 6.99. The molecule has 0 fully saturated rings. The minimum Gasteiger partial charge on any atom is -0.508 e. The van der Waals surface area contributed by atoms with Crippen molar-refractivity contribution in [2.24, 2.45) is 0 Å². The summed E-state index contributed by atoms with van der Waals surface area (Å²) < 4.78 is 5.67. The van der Waals surface area contributed by atoms with Crippen molar-refractivity contribution in [1.82, 2.24) is 0 Å². The van der Waals surface area contributed by atoms with Crippen LogP contribution in [0.2, 0.25) is 0 Å². The fourth-order valence-corrected chi connectivity index (χ4v) is 2.62. The van der Waals surface area contributed by atoms with Crippen LogP contribution in [0, 0.1) is 0 Å². The molecule has 116 valence electrons. The topological polar surface area (TPSA) is 110 Å². The second kappa shape index (κ2) is 5.31. The Morgan fingerprint density at radius 2 is 1.73 bits per heavy atom. The predicted molar refractivity (Wildman–Crippen MR) is 77.4 cm³/mol. The van der Waals surface area contributed by atoms with Crippen molar-refractivity contribution >= 4 is 0 Å². The Balaban J connectivity index is 1.84. The highest BCUT2D eigenvalue weighted by Crippen LogP contribution is 2.38. The van der Waals surface area contributed by atoms with E-state index >= 15 is 0 Å². The molecule has 1 heterocycles. The molecule has 1 aliphatic rings.